The van der Waals surface area contributed by atoms with Gasteiger partial charge in [0.05, 0.1) is 33.8 Å². The van der Waals surface area contributed by atoms with Gasteiger partial charge in [-0.1, -0.05) is 11.6 Å². The lowest BCUT2D eigenvalue weighted by molar-refractivity contribution is -0.136. The molecule has 2 aromatic heterocycles. The molecule has 16 heteroatoms. The predicted octanol–water partition coefficient (Wildman–Crippen LogP) is 3.85. The van der Waals surface area contributed by atoms with Gasteiger partial charge in [0, 0.05) is 87.8 Å². The van der Waals surface area contributed by atoms with Crippen LogP contribution >= 0.6 is 11.6 Å². The van der Waals surface area contributed by atoms with Gasteiger partial charge in [-0.05, 0) is 81.2 Å². The molecule has 0 radical (unpaired) electrons. The average molecular weight is 793 g/mol. The van der Waals surface area contributed by atoms with Crippen LogP contribution in [0.2, 0.25) is 5.02 Å². The summed E-state index contributed by atoms with van der Waals surface area (Å²) in [5.41, 5.74) is 1.58. The highest BCUT2D eigenvalue weighted by molar-refractivity contribution is 6.31. The average Bonchev–Trinajstić information content (AvgIpc) is 3.23. The normalized spacial score (nSPS) is 22.2. The maximum Gasteiger partial charge on any atom is 0.275 e. The van der Waals surface area contributed by atoms with Crippen LogP contribution in [0, 0.1) is 17.2 Å². The highest BCUT2D eigenvalue weighted by Gasteiger charge is 2.31. The molecule has 15 nitrogen and oxygen atoms in total. The van der Waals surface area contributed by atoms with E-state index in [0.29, 0.717) is 39.2 Å². The van der Waals surface area contributed by atoms with Crippen molar-refractivity contribution in [3.05, 3.63) is 81.5 Å². The number of aromatic nitrogens is 4. The molecule has 1 unspecified atom stereocenters. The van der Waals surface area contributed by atoms with E-state index in [4.69, 9.17) is 21.6 Å². The molecule has 296 valence electrons. The van der Waals surface area contributed by atoms with E-state index in [-0.39, 0.29) is 42.4 Å². The minimum absolute atomic E-state index is 0.0292. The van der Waals surface area contributed by atoms with Crippen LogP contribution in [0.3, 0.4) is 0 Å². The Morgan fingerprint density at radius 1 is 0.895 bits per heavy atom. The third kappa shape index (κ3) is 8.72. The van der Waals surface area contributed by atoms with Crippen molar-refractivity contribution in [3.63, 3.8) is 0 Å². The standard InChI is InChI=1S/C41H45ClN10O5/c42-35-20-33(5-1-27(35)21-43)57-32-6-2-30(3-7-32)47-38(54)29-22-44-41(45-23-29)51-13-11-26(12-14-51)25-49-15-17-50(18-16-49)31-4-8-34-28(19-31)24-46-52(40(34)56)36-9-10-37(53)48-39(36)55/h1,4-5,8,19-20,22-24,26,30,32,36H,2-3,6-7,9-18,25H2,(H,47,54)(H,48,53,55)/t30-,32-,36?. The number of imide groups is 1. The summed E-state index contributed by atoms with van der Waals surface area (Å²) >= 11 is 6.15. The maximum absolute atomic E-state index is 13.2. The Kier molecular flexibility index (Phi) is 11.3. The Labute approximate surface area is 334 Å². The number of ether oxygens (including phenoxy) is 1. The number of carbonyl (C=O) groups is 3. The summed E-state index contributed by atoms with van der Waals surface area (Å²) in [6.45, 7) is 6.43. The molecule has 4 aromatic rings. The zero-order valence-corrected chi connectivity index (χ0v) is 32.4. The number of nitrogens with zero attached hydrogens (tertiary/aromatic N) is 8. The van der Waals surface area contributed by atoms with Crippen molar-refractivity contribution in [3.8, 4) is 11.8 Å². The number of anilines is 2. The van der Waals surface area contributed by atoms with Gasteiger partial charge in [-0.2, -0.15) is 10.4 Å². The van der Waals surface area contributed by atoms with Gasteiger partial charge in [-0.3, -0.25) is 29.4 Å². The van der Waals surface area contributed by atoms with Crippen molar-refractivity contribution in [1.82, 2.24) is 35.3 Å². The fourth-order valence-electron chi connectivity index (χ4n) is 8.40. The van der Waals surface area contributed by atoms with Crippen molar-refractivity contribution < 1.29 is 19.1 Å². The smallest absolute Gasteiger partial charge is 0.275 e. The van der Waals surface area contributed by atoms with Crippen LogP contribution in [0.15, 0.2) is 59.8 Å². The first kappa shape index (κ1) is 38.3. The van der Waals surface area contributed by atoms with Crippen LogP contribution < -0.4 is 30.7 Å². The number of hydrogen-bond acceptors (Lipinski definition) is 12. The molecule has 4 fully saturated rings. The molecule has 4 aliphatic rings. The molecule has 3 aliphatic heterocycles. The number of hydrogen-bond donors (Lipinski definition) is 2. The maximum atomic E-state index is 13.2. The summed E-state index contributed by atoms with van der Waals surface area (Å²) in [5, 5.41) is 20.4. The van der Waals surface area contributed by atoms with E-state index in [0.717, 1.165) is 95.4 Å². The number of piperazine rings is 1. The zero-order valence-electron chi connectivity index (χ0n) is 31.6. The molecule has 1 aliphatic carbocycles. The molecular weight excluding hydrogens is 748 g/mol. The summed E-state index contributed by atoms with van der Waals surface area (Å²) in [7, 11) is 0. The van der Waals surface area contributed by atoms with Gasteiger partial charge in [-0.15, -0.1) is 0 Å². The van der Waals surface area contributed by atoms with Crippen LogP contribution in [-0.2, 0) is 9.59 Å². The van der Waals surface area contributed by atoms with Gasteiger partial charge in [-0.25, -0.2) is 14.6 Å². The van der Waals surface area contributed by atoms with E-state index in [9.17, 15) is 19.2 Å². The van der Waals surface area contributed by atoms with Crippen LogP contribution in [0.5, 0.6) is 5.75 Å². The number of piperidine rings is 2. The number of amides is 3. The first-order valence-corrected chi connectivity index (χ1v) is 20.2. The van der Waals surface area contributed by atoms with E-state index in [1.807, 2.05) is 18.2 Å². The largest absolute Gasteiger partial charge is 0.490 e. The zero-order chi connectivity index (χ0) is 39.5. The third-order valence-corrected chi connectivity index (χ3v) is 12.0. The summed E-state index contributed by atoms with van der Waals surface area (Å²) in [6.07, 6.45) is 10.6. The number of rotatable bonds is 9. The summed E-state index contributed by atoms with van der Waals surface area (Å²) < 4.78 is 7.28. The van der Waals surface area contributed by atoms with Gasteiger partial charge in [0.2, 0.25) is 11.9 Å². The molecule has 3 saturated heterocycles. The lowest BCUT2D eigenvalue weighted by Gasteiger charge is -2.39. The Morgan fingerprint density at radius 3 is 2.35 bits per heavy atom. The third-order valence-electron chi connectivity index (χ3n) is 11.7. The number of nitrogens with one attached hydrogen (secondary N) is 2. The topological polar surface area (TPSA) is 179 Å². The molecule has 3 amide bonds. The van der Waals surface area contributed by atoms with Crippen LogP contribution in [0.4, 0.5) is 11.6 Å². The summed E-state index contributed by atoms with van der Waals surface area (Å²) in [4.78, 5) is 66.3. The molecule has 57 heavy (non-hydrogen) atoms. The Balaban J connectivity index is 0.756. The fourth-order valence-corrected chi connectivity index (χ4v) is 8.62. The van der Waals surface area contributed by atoms with Gasteiger partial charge in [0.1, 0.15) is 17.9 Å². The van der Waals surface area contributed by atoms with Gasteiger partial charge in [0.15, 0.2) is 0 Å². The van der Waals surface area contributed by atoms with Crippen molar-refractivity contribution in [2.45, 2.75) is 69.6 Å². The number of fused-ring (bicyclic) bond motifs is 1. The van der Waals surface area contributed by atoms with E-state index < -0.39 is 11.9 Å². The molecule has 1 atom stereocenters. The monoisotopic (exact) mass is 792 g/mol. The number of nitriles is 1. The van der Waals surface area contributed by atoms with Crippen molar-refractivity contribution >= 4 is 51.7 Å². The minimum Gasteiger partial charge on any atom is -0.490 e. The Hall–Kier alpha value is -5.59. The Morgan fingerprint density at radius 2 is 1.65 bits per heavy atom. The molecule has 2 N–H and O–H groups in total. The van der Waals surface area contributed by atoms with Crippen LogP contribution in [0.25, 0.3) is 10.8 Å². The second kappa shape index (κ2) is 16.9. The number of benzene rings is 2. The minimum atomic E-state index is -0.783. The lowest BCUT2D eigenvalue weighted by atomic mass is 9.92. The predicted molar refractivity (Wildman–Crippen MR) is 213 cm³/mol. The van der Waals surface area contributed by atoms with E-state index in [1.54, 1.807) is 36.8 Å². The molecule has 8 rings (SSSR count). The summed E-state index contributed by atoms with van der Waals surface area (Å²) in [5.74, 6) is 0.893. The SMILES string of the molecule is N#Cc1ccc(O[C@H]2CC[C@H](NC(=O)c3cnc(N4CCC(CN5CCN(c6ccc7c(=O)n(C8CCC(=O)NC8=O)ncc7c6)CC5)CC4)nc3)CC2)cc1Cl. The summed E-state index contributed by atoms with van der Waals surface area (Å²) in [6, 6.07) is 12.2. The first-order valence-electron chi connectivity index (χ1n) is 19.8. The van der Waals surface area contributed by atoms with Crippen molar-refractivity contribution in [2.75, 3.05) is 55.6 Å². The lowest BCUT2D eigenvalue weighted by Crippen LogP contribution is -2.49. The molecule has 2 aromatic carbocycles. The molecule has 0 spiro atoms. The first-order chi connectivity index (χ1) is 27.7. The van der Waals surface area contributed by atoms with Gasteiger partial charge in [0.25, 0.3) is 17.4 Å². The van der Waals surface area contributed by atoms with Crippen LogP contribution in [-0.4, -0.2) is 100 Å². The second-order valence-electron chi connectivity index (χ2n) is 15.4. The molecule has 1 saturated carbocycles. The van der Waals surface area contributed by atoms with E-state index in [1.165, 1.54) is 4.68 Å². The highest BCUT2D eigenvalue weighted by Crippen LogP contribution is 2.29. The fraction of sp³-hybridized carbons (Fsp3) is 0.463. The van der Waals surface area contributed by atoms with Gasteiger partial charge >= 0.3 is 0 Å². The van der Waals surface area contributed by atoms with Crippen molar-refractivity contribution in [1.29, 1.82) is 5.26 Å². The quantitative estimate of drug-likeness (QED) is 0.235. The molecular formula is C41H45ClN10O5. The Bertz CT molecular complexity index is 2240. The van der Waals surface area contributed by atoms with E-state index in [2.05, 4.69) is 46.5 Å². The van der Waals surface area contributed by atoms with Crippen molar-refractivity contribution in [2.24, 2.45) is 5.92 Å². The van der Waals surface area contributed by atoms with Gasteiger partial charge < -0.3 is 19.9 Å². The molecule has 0 bridgehead atoms. The van der Waals surface area contributed by atoms with E-state index >= 15 is 0 Å². The van der Waals surface area contributed by atoms with Crippen LogP contribution in [0.1, 0.15) is 73.3 Å². The molecule has 5 heterocycles. The highest BCUT2D eigenvalue weighted by atomic mass is 35.5. The second-order valence-corrected chi connectivity index (χ2v) is 15.8. The number of halogens is 1. The number of carbonyl (C=O) groups excluding carboxylic acids is 3.